The Bertz CT molecular complexity index is 637. The van der Waals surface area contributed by atoms with E-state index >= 15 is 0 Å². The monoisotopic (exact) mass is 436 g/mol. The zero-order valence-corrected chi connectivity index (χ0v) is 20.5. The molecule has 0 aliphatic heterocycles. The Labute approximate surface area is 189 Å². The van der Waals surface area contributed by atoms with Crippen molar-refractivity contribution >= 4 is 0 Å². The fourth-order valence-corrected chi connectivity index (χ4v) is 9.39. The molecular formula is C27H48O4. The maximum absolute atomic E-state index is 11.0. The Morgan fingerprint density at radius 1 is 0.839 bits per heavy atom. The minimum Gasteiger partial charge on any atom is -0.390 e. The van der Waals surface area contributed by atoms with Crippen molar-refractivity contribution in [2.75, 3.05) is 0 Å². The molecule has 4 fully saturated rings. The molecule has 180 valence electrons. The highest BCUT2D eigenvalue weighted by Crippen LogP contribution is 2.68. The summed E-state index contributed by atoms with van der Waals surface area (Å²) in [6.45, 7) is 11.3. The van der Waals surface area contributed by atoms with Crippen molar-refractivity contribution in [1.82, 2.24) is 0 Å². The molecule has 12 atom stereocenters. The van der Waals surface area contributed by atoms with Crippen molar-refractivity contribution in [3.63, 3.8) is 0 Å². The van der Waals surface area contributed by atoms with Gasteiger partial charge in [-0.05, 0) is 110 Å². The van der Waals surface area contributed by atoms with Crippen LogP contribution in [0.4, 0.5) is 0 Å². The Morgan fingerprint density at radius 2 is 1.52 bits per heavy atom. The highest BCUT2D eigenvalue weighted by atomic mass is 16.3. The molecule has 0 aromatic heterocycles. The molecule has 4 aliphatic carbocycles. The van der Waals surface area contributed by atoms with E-state index < -0.39 is 24.4 Å². The summed E-state index contributed by atoms with van der Waals surface area (Å²) in [4.78, 5) is 0. The summed E-state index contributed by atoms with van der Waals surface area (Å²) < 4.78 is 0. The third kappa shape index (κ3) is 3.92. The van der Waals surface area contributed by atoms with E-state index in [-0.39, 0.29) is 16.7 Å². The van der Waals surface area contributed by atoms with Gasteiger partial charge >= 0.3 is 0 Å². The zero-order valence-electron chi connectivity index (χ0n) is 20.5. The zero-order chi connectivity index (χ0) is 22.7. The average molecular weight is 437 g/mol. The lowest BCUT2D eigenvalue weighted by atomic mass is 9.44. The van der Waals surface area contributed by atoms with Gasteiger partial charge in [0.15, 0.2) is 0 Å². The molecule has 0 spiro atoms. The highest BCUT2D eigenvalue weighted by molar-refractivity contribution is 5.11. The lowest BCUT2D eigenvalue weighted by Gasteiger charge is -2.61. The molecule has 0 aromatic carbocycles. The maximum atomic E-state index is 11.0. The second-order valence-electron chi connectivity index (χ2n) is 13.0. The third-order valence-corrected chi connectivity index (χ3v) is 11.0. The fourth-order valence-electron chi connectivity index (χ4n) is 9.39. The van der Waals surface area contributed by atoms with E-state index in [1.54, 1.807) is 0 Å². The van der Waals surface area contributed by atoms with Gasteiger partial charge in [-0.2, -0.15) is 0 Å². The van der Waals surface area contributed by atoms with Crippen LogP contribution in [0.15, 0.2) is 0 Å². The molecule has 0 saturated heterocycles. The Kier molecular flexibility index (Phi) is 6.62. The maximum Gasteiger partial charge on any atom is 0.0827 e. The van der Waals surface area contributed by atoms with Crippen LogP contribution in [0.5, 0.6) is 0 Å². The Morgan fingerprint density at radius 3 is 2.19 bits per heavy atom. The number of aliphatic hydroxyl groups excluding tert-OH is 4. The van der Waals surface area contributed by atoms with Gasteiger partial charge in [-0.1, -0.05) is 34.6 Å². The molecule has 4 rings (SSSR count). The molecular weight excluding hydrogens is 388 g/mol. The molecule has 4 saturated carbocycles. The summed E-state index contributed by atoms with van der Waals surface area (Å²) in [5, 5.41) is 42.4. The van der Waals surface area contributed by atoms with E-state index in [9.17, 15) is 20.4 Å². The molecule has 0 bridgehead atoms. The van der Waals surface area contributed by atoms with Crippen LogP contribution in [0.2, 0.25) is 0 Å². The van der Waals surface area contributed by atoms with Crippen LogP contribution in [0, 0.1) is 52.3 Å². The number of hydrogen-bond acceptors (Lipinski definition) is 4. The molecule has 0 amide bonds. The van der Waals surface area contributed by atoms with Gasteiger partial charge in [0.1, 0.15) is 0 Å². The minimum atomic E-state index is -0.635. The SMILES string of the molecule is CC(C)C[C@@H](O)[C@H](O)[C@@H](C)[C@H]1CCC2C3CCC4C[C@H](O)[C@H](O)C[C@]4(C)C3CC[C@@]21C. The van der Waals surface area contributed by atoms with Crippen LogP contribution >= 0.6 is 0 Å². The quantitative estimate of drug-likeness (QED) is 0.515. The number of rotatable bonds is 5. The largest absolute Gasteiger partial charge is 0.390 e. The fraction of sp³-hybridized carbons (Fsp3) is 1.00. The van der Waals surface area contributed by atoms with Crippen molar-refractivity contribution in [1.29, 1.82) is 0 Å². The number of aliphatic hydroxyl groups is 4. The van der Waals surface area contributed by atoms with Gasteiger partial charge in [0, 0.05) is 0 Å². The van der Waals surface area contributed by atoms with Crippen LogP contribution in [-0.4, -0.2) is 44.8 Å². The van der Waals surface area contributed by atoms with Gasteiger partial charge in [-0.3, -0.25) is 0 Å². The van der Waals surface area contributed by atoms with Gasteiger partial charge < -0.3 is 20.4 Å². The summed E-state index contributed by atoms with van der Waals surface area (Å²) in [6.07, 6.45) is 7.07. The van der Waals surface area contributed by atoms with E-state index in [1.165, 1.54) is 38.5 Å². The average Bonchev–Trinajstić information content (AvgIpc) is 3.04. The van der Waals surface area contributed by atoms with Gasteiger partial charge in [0.25, 0.3) is 0 Å². The first kappa shape index (κ1) is 24.0. The number of hydrogen-bond donors (Lipinski definition) is 4. The first-order valence-corrected chi connectivity index (χ1v) is 13.2. The van der Waals surface area contributed by atoms with Crippen molar-refractivity contribution in [2.24, 2.45) is 52.3 Å². The molecule has 4 aliphatic rings. The van der Waals surface area contributed by atoms with Crippen LogP contribution in [0.25, 0.3) is 0 Å². The second kappa shape index (κ2) is 8.56. The normalized spacial score (nSPS) is 50.3. The minimum absolute atomic E-state index is 0.124. The molecule has 0 heterocycles. The smallest absolute Gasteiger partial charge is 0.0827 e. The van der Waals surface area contributed by atoms with Gasteiger partial charge in [0.05, 0.1) is 24.4 Å². The summed E-state index contributed by atoms with van der Waals surface area (Å²) in [5.41, 5.74) is 0.397. The lowest BCUT2D eigenvalue weighted by Crippen LogP contribution is -2.57. The summed E-state index contributed by atoms with van der Waals surface area (Å²) >= 11 is 0. The van der Waals surface area contributed by atoms with Crippen molar-refractivity contribution in [2.45, 2.75) is 117 Å². The second-order valence-corrected chi connectivity index (χ2v) is 13.0. The molecule has 31 heavy (non-hydrogen) atoms. The predicted octanol–water partition coefficient (Wildman–Crippen LogP) is 4.38. The predicted molar refractivity (Wildman–Crippen MR) is 123 cm³/mol. The van der Waals surface area contributed by atoms with E-state index in [0.29, 0.717) is 41.9 Å². The van der Waals surface area contributed by atoms with E-state index in [1.807, 2.05) is 0 Å². The standard InChI is InChI=1S/C27H48O4/c1-15(2)12-23(29)25(31)16(3)19-8-9-20-18-7-6-17-13-22(28)24(30)14-27(17,5)21(18)10-11-26(19,20)4/h15-25,28-31H,6-14H2,1-5H3/t16-,17?,18?,19+,20?,21?,22-,23+,24+,25+,26+,27-/m0/s1. The topological polar surface area (TPSA) is 80.9 Å². The summed E-state index contributed by atoms with van der Waals surface area (Å²) in [5.74, 6) is 3.57. The molecule has 0 aromatic rings. The van der Waals surface area contributed by atoms with Crippen LogP contribution in [-0.2, 0) is 0 Å². The summed E-state index contributed by atoms with van der Waals surface area (Å²) in [7, 11) is 0. The summed E-state index contributed by atoms with van der Waals surface area (Å²) in [6, 6.07) is 0. The first-order valence-electron chi connectivity index (χ1n) is 13.2. The Hall–Kier alpha value is -0.160. The Balaban J connectivity index is 1.51. The van der Waals surface area contributed by atoms with E-state index in [4.69, 9.17) is 0 Å². The molecule has 4 unspecified atom stereocenters. The highest BCUT2D eigenvalue weighted by Gasteiger charge is 2.61. The van der Waals surface area contributed by atoms with Crippen LogP contribution < -0.4 is 0 Å². The van der Waals surface area contributed by atoms with E-state index in [0.717, 1.165) is 12.8 Å². The van der Waals surface area contributed by atoms with Crippen LogP contribution in [0.3, 0.4) is 0 Å². The molecule has 0 radical (unpaired) electrons. The van der Waals surface area contributed by atoms with Crippen molar-refractivity contribution in [3.05, 3.63) is 0 Å². The van der Waals surface area contributed by atoms with E-state index in [2.05, 4.69) is 34.6 Å². The first-order chi connectivity index (χ1) is 14.5. The van der Waals surface area contributed by atoms with Gasteiger partial charge in [-0.15, -0.1) is 0 Å². The third-order valence-electron chi connectivity index (χ3n) is 11.0. The number of fused-ring (bicyclic) bond motifs is 5. The van der Waals surface area contributed by atoms with Gasteiger partial charge in [-0.25, -0.2) is 0 Å². The molecule has 4 N–H and O–H groups in total. The molecule has 4 nitrogen and oxygen atoms in total. The lowest BCUT2D eigenvalue weighted by molar-refractivity contribution is -0.163. The van der Waals surface area contributed by atoms with Gasteiger partial charge in [0.2, 0.25) is 0 Å². The van der Waals surface area contributed by atoms with Crippen LogP contribution in [0.1, 0.15) is 92.4 Å². The van der Waals surface area contributed by atoms with Crippen molar-refractivity contribution in [3.8, 4) is 0 Å². The van der Waals surface area contributed by atoms with Crippen molar-refractivity contribution < 1.29 is 20.4 Å². The molecule has 4 heteroatoms.